The van der Waals surface area contributed by atoms with Crippen LogP contribution < -0.4 is 0 Å². The monoisotopic (exact) mass is 130 g/mol. The van der Waals surface area contributed by atoms with Gasteiger partial charge in [0.1, 0.15) is 0 Å². The standard InChI is InChI=1S/C6H10OS/c1-3-7-5-6-8-4-2/h3-4H,1-2,5-6H2. The van der Waals surface area contributed by atoms with Gasteiger partial charge >= 0.3 is 0 Å². The topological polar surface area (TPSA) is 9.23 Å². The average molecular weight is 130 g/mol. The van der Waals surface area contributed by atoms with Gasteiger partial charge in [0.05, 0.1) is 12.9 Å². The first-order chi connectivity index (χ1) is 3.91. The third-order valence-corrected chi connectivity index (χ3v) is 1.19. The summed E-state index contributed by atoms with van der Waals surface area (Å²) in [5, 5.41) is 1.80. The fourth-order valence-electron chi connectivity index (χ4n) is 0.263. The van der Waals surface area contributed by atoms with E-state index >= 15 is 0 Å². The van der Waals surface area contributed by atoms with Gasteiger partial charge in [0.25, 0.3) is 0 Å². The van der Waals surface area contributed by atoms with Crippen molar-refractivity contribution in [2.24, 2.45) is 0 Å². The first-order valence-electron chi connectivity index (χ1n) is 2.37. The summed E-state index contributed by atoms with van der Waals surface area (Å²) in [6.45, 7) is 7.66. The van der Waals surface area contributed by atoms with Gasteiger partial charge in [-0.15, -0.1) is 11.8 Å². The number of thioether (sulfide) groups is 1. The van der Waals surface area contributed by atoms with E-state index in [2.05, 4.69) is 13.2 Å². The zero-order chi connectivity index (χ0) is 6.24. The van der Waals surface area contributed by atoms with Crippen LogP contribution in [-0.4, -0.2) is 12.4 Å². The number of ether oxygens (including phenoxy) is 1. The Bertz CT molecular complexity index is 60.9. The van der Waals surface area contributed by atoms with E-state index in [1.165, 1.54) is 6.26 Å². The minimum atomic E-state index is 0.722. The second-order valence-electron chi connectivity index (χ2n) is 1.07. The van der Waals surface area contributed by atoms with Crippen LogP contribution in [-0.2, 0) is 4.74 Å². The Morgan fingerprint density at radius 1 is 1.50 bits per heavy atom. The summed E-state index contributed by atoms with van der Waals surface area (Å²) >= 11 is 1.64. The summed E-state index contributed by atoms with van der Waals surface area (Å²) in [5.74, 6) is 0.954. The molecule has 0 aliphatic rings. The second-order valence-corrected chi connectivity index (χ2v) is 2.15. The minimum absolute atomic E-state index is 0.722. The lowest BCUT2D eigenvalue weighted by molar-refractivity contribution is 0.274. The van der Waals surface area contributed by atoms with E-state index in [1.54, 1.807) is 17.2 Å². The van der Waals surface area contributed by atoms with Crippen molar-refractivity contribution in [3.05, 3.63) is 24.8 Å². The molecule has 0 radical (unpaired) electrons. The first-order valence-corrected chi connectivity index (χ1v) is 3.41. The highest BCUT2D eigenvalue weighted by molar-refractivity contribution is 8.02. The fourth-order valence-corrected chi connectivity index (χ4v) is 0.622. The summed E-state index contributed by atoms with van der Waals surface area (Å²) in [5.41, 5.74) is 0. The summed E-state index contributed by atoms with van der Waals surface area (Å²) in [6, 6.07) is 0. The van der Waals surface area contributed by atoms with E-state index in [-0.39, 0.29) is 0 Å². The van der Waals surface area contributed by atoms with Crippen LogP contribution in [0.3, 0.4) is 0 Å². The van der Waals surface area contributed by atoms with Crippen molar-refractivity contribution < 1.29 is 4.74 Å². The molecule has 0 heterocycles. The lowest BCUT2D eigenvalue weighted by Crippen LogP contribution is -1.87. The average Bonchev–Trinajstić information content (AvgIpc) is 1.81. The van der Waals surface area contributed by atoms with Gasteiger partial charge in [0, 0.05) is 5.75 Å². The molecule has 46 valence electrons. The highest BCUT2D eigenvalue weighted by atomic mass is 32.2. The van der Waals surface area contributed by atoms with Crippen molar-refractivity contribution in [3.63, 3.8) is 0 Å². The van der Waals surface area contributed by atoms with Gasteiger partial charge in [0.15, 0.2) is 0 Å². The van der Waals surface area contributed by atoms with Crippen LogP contribution in [0.4, 0.5) is 0 Å². The van der Waals surface area contributed by atoms with Crippen molar-refractivity contribution in [2.75, 3.05) is 12.4 Å². The molecule has 0 N–H and O–H groups in total. The normalized spacial score (nSPS) is 8.00. The van der Waals surface area contributed by atoms with Crippen molar-refractivity contribution in [3.8, 4) is 0 Å². The van der Waals surface area contributed by atoms with Gasteiger partial charge in [-0.3, -0.25) is 0 Å². The van der Waals surface area contributed by atoms with E-state index in [1.807, 2.05) is 0 Å². The first kappa shape index (κ1) is 7.63. The maximum atomic E-state index is 4.83. The van der Waals surface area contributed by atoms with Crippen LogP contribution in [0.25, 0.3) is 0 Å². The molecule has 0 atom stereocenters. The van der Waals surface area contributed by atoms with Gasteiger partial charge < -0.3 is 4.74 Å². The van der Waals surface area contributed by atoms with E-state index in [0.717, 1.165) is 12.4 Å². The lowest BCUT2D eigenvalue weighted by atomic mass is 10.8. The van der Waals surface area contributed by atoms with Crippen LogP contribution in [0.1, 0.15) is 0 Å². The molecule has 0 bridgehead atoms. The van der Waals surface area contributed by atoms with E-state index in [9.17, 15) is 0 Å². The molecular formula is C6H10OS. The summed E-state index contributed by atoms with van der Waals surface area (Å²) in [4.78, 5) is 0. The van der Waals surface area contributed by atoms with Crippen LogP contribution in [0.15, 0.2) is 24.8 Å². The summed E-state index contributed by atoms with van der Waals surface area (Å²) < 4.78 is 4.83. The van der Waals surface area contributed by atoms with Gasteiger partial charge in [-0.05, 0) is 5.41 Å². The molecule has 8 heavy (non-hydrogen) atoms. The van der Waals surface area contributed by atoms with Crippen molar-refractivity contribution >= 4 is 11.8 Å². The number of hydrogen-bond acceptors (Lipinski definition) is 2. The SMILES string of the molecule is C=COCCSC=C. The zero-order valence-corrected chi connectivity index (χ0v) is 5.62. The number of rotatable bonds is 5. The smallest absolute Gasteiger partial charge is 0.0966 e. The summed E-state index contributed by atoms with van der Waals surface area (Å²) in [7, 11) is 0. The van der Waals surface area contributed by atoms with Crippen LogP contribution >= 0.6 is 11.8 Å². The molecule has 0 aromatic rings. The van der Waals surface area contributed by atoms with E-state index in [4.69, 9.17) is 4.74 Å². The second kappa shape index (κ2) is 6.63. The molecule has 0 fully saturated rings. The molecule has 0 saturated carbocycles. The van der Waals surface area contributed by atoms with Crippen molar-refractivity contribution in [1.82, 2.24) is 0 Å². The molecule has 0 amide bonds. The molecule has 1 nitrogen and oxygen atoms in total. The van der Waals surface area contributed by atoms with Crippen LogP contribution in [0.5, 0.6) is 0 Å². The molecule has 0 aliphatic carbocycles. The van der Waals surface area contributed by atoms with Gasteiger partial charge in [-0.2, -0.15) is 0 Å². The highest BCUT2D eigenvalue weighted by Crippen LogP contribution is 1.97. The fraction of sp³-hybridized carbons (Fsp3) is 0.333. The Balaban J connectivity index is 2.71. The largest absolute Gasteiger partial charge is 0.501 e. The predicted octanol–water partition coefficient (Wildman–Crippen LogP) is 2.02. The van der Waals surface area contributed by atoms with Crippen LogP contribution in [0, 0.1) is 0 Å². The van der Waals surface area contributed by atoms with Gasteiger partial charge in [-0.25, -0.2) is 0 Å². The predicted molar refractivity (Wildman–Crippen MR) is 38.8 cm³/mol. The maximum Gasteiger partial charge on any atom is 0.0966 e. The Hall–Kier alpha value is -0.370. The molecule has 0 rings (SSSR count). The van der Waals surface area contributed by atoms with Crippen molar-refractivity contribution in [2.45, 2.75) is 0 Å². The third kappa shape index (κ3) is 5.63. The minimum Gasteiger partial charge on any atom is -0.501 e. The molecule has 0 saturated heterocycles. The van der Waals surface area contributed by atoms with Crippen molar-refractivity contribution in [1.29, 1.82) is 0 Å². The number of hydrogen-bond donors (Lipinski definition) is 0. The lowest BCUT2D eigenvalue weighted by Gasteiger charge is -1.94. The van der Waals surface area contributed by atoms with Gasteiger partial charge in [0.2, 0.25) is 0 Å². The zero-order valence-electron chi connectivity index (χ0n) is 4.80. The molecular weight excluding hydrogens is 120 g/mol. The molecule has 0 aromatic carbocycles. The highest BCUT2D eigenvalue weighted by Gasteiger charge is 1.78. The summed E-state index contributed by atoms with van der Waals surface area (Å²) in [6.07, 6.45) is 1.45. The van der Waals surface area contributed by atoms with E-state index in [0.29, 0.717) is 0 Å². The molecule has 0 unspecified atom stereocenters. The quantitative estimate of drug-likeness (QED) is 0.416. The van der Waals surface area contributed by atoms with Crippen LogP contribution in [0.2, 0.25) is 0 Å². The Morgan fingerprint density at radius 3 is 2.75 bits per heavy atom. The molecule has 0 spiro atoms. The Labute approximate surface area is 54.4 Å². The molecule has 0 aliphatic heterocycles. The molecule has 2 heteroatoms. The Morgan fingerprint density at radius 2 is 2.25 bits per heavy atom. The van der Waals surface area contributed by atoms with Gasteiger partial charge in [-0.1, -0.05) is 13.2 Å². The van der Waals surface area contributed by atoms with E-state index < -0.39 is 0 Å². The maximum absolute atomic E-state index is 4.83. The third-order valence-electron chi connectivity index (χ3n) is 0.555. The molecule has 0 aromatic heterocycles. The Kier molecular flexibility index (Phi) is 6.32.